The first-order chi connectivity index (χ1) is 6.60. The molecule has 1 atom stereocenters. The lowest BCUT2D eigenvalue weighted by molar-refractivity contribution is -0.0986. The SMILES string of the molecule is CCCOC(=O)OC(CC)OC(=O)O. The van der Waals surface area contributed by atoms with E-state index in [4.69, 9.17) is 5.11 Å². The molecule has 0 saturated carbocycles. The number of hydrogen-bond acceptors (Lipinski definition) is 5. The van der Waals surface area contributed by atoms with E-state index in [1.807, 2.05) is 6.92 Å². The molecule has 0 aliphatic heterocycles. The molecule has 0 saturated heterocycles. The maximum Gasteiger partial charge on any atom is 0.511 e. The van der Waals surface area contributed by atoms with Crippen LogP contribution in [-0.4, -0.2) is 30.3 Å². The fourth-order valence-corrected chi connectivity index (χ4v) is 0.630. The topological polar surface area (TPSA) is 82.1 Å². The fourth-order valence-electron chi connectivity index (χ4n) is 0.630. The van der Waals surface area contributed by atoms with Gasteiger partial charge in [-0.1, -0.05) is 13.8 Å². The molecule has 82 valence electrons. The van der Waals surface area contributed by atoms with E-state index in [1.54, 1.807) is 6.92 Å². The van der Waals surface area contributed by atoms with Crippen molar-refractivity contribution in [1.82, 2.24) is 0 Å². The van der Waals surface area contributed by atoms with Crippen LogP contribution in [0.2, 0.25) is 0 Å². The molecule has 1 N–H and O–H groups in total. The molecule has 0 aliphatic rings. The third kappa shape index (κ3) is 6.10. The molecule has 0 spiro atoms. The van der Waals surface area contributed by atoms with Gasteiger partial charge in [-0.2, -0.15) is 0 Å². The second-order valence-electron chi connectivity index (χ2n) is 2.44. The van der Waals surface area contributed by atoms with E-state index in [0.29, 0.717) is 6.42 Å². The highest BCUT2D eigenvalue weighted by Gasteiger charge is 2.16. The maximum atomic E-state index is 10.8. The van der Waals surface area contributed by atoms with Crippen molar-refractivity contribution in [1.29, 1.82) is 0 Å². The van der Waals surface area contributed by atoms with Gasteiger partial charge in [-0.3, -0.25) is 0 Å². The molecule has 0 aromatic rings. The number of hydrogen-bond donors (Lipinski definition) is 1. The summed E-state index contributed by atoms with van der Waals surface area (Å²) in [5.41, 5.74) is 0. The van der Waals surface area contributed by atoms with E-state index >= 15 is 0 Å². The van der Waals surface area contributed by atoms with Gasteiger partial charge < -0.3 is 19.3 Å². The first-order valence-electron chi connectivity index (χ1n) is 4.33. The minimum absolute atomic E-state index is 0.238. The van der Waals surface area contributed by atoms with Crippen LogP contribution < -0.4 is 0 Å². The summed E-state index contributed by atoms with van der Waals surface area (Å²) in [5.74, 6) is 0. The Hall–Kier alpha value is -1.46. The van der Waals surface area contributed by atoms with Crippen LogP contribution in [0.3, 0.4) is 0 Å². The molecule has 6 heteroatoms. The van der Waals surface area contributed by atoms with Crippen LogP contribution in [0.25, 0.3) is 0 Å². The van der Waals surface area contributed by atoms with Crippen molar-refractivity contribution in [3.8, 4) is 0 Å². The lowest BCUT2D eigenvalue weighted by atomic mass is 10.5. The van der Waals surface area contributed by atoms with Crippen LogP contribution in [0.4, 0.5) is 9.59 Å². The Morgan fingerprint density at radius 1 is 1.29 bits per heavy atom. The molecular formula is C8H14O6. The van der Waals surface area contributed by atoms with Crippen molar-refractivity contribution < 1.29 is 28.9 Å². The zero-order valence-corrected chi connectivity index (χ0v) is 8.19. The Labute approximate surface area is 81.8 Å². The van der Waals surface area contributed by atoms with Crippen LogP contribution in [0.1, 0.15) is 26.7 Å². The number of ether oxygens (including phenoxy) is 3. The summed E-state index contributed by atoms with van der Waals surface area (Å²) in [6.07, 6.45) is -2.59. The van der Waals surface area contributed by atoms with Crippen molar-refractivity contribution in [3.05, 3.63) is 0 Å². The van der Waals surface area contributed by atoms with Gasteiger partial charge in [-0.05, 0) is 6.42 Å². The minimum Gasteiger partial charge on any atom is -0.450 e. The molecule has 0 aliphatic carbocycles. The lowest BCUT2D eigenvalue weighted by Gasteiger charge is -2.13. The van der Waals surface area contributed by atoms with Crippen LogP contribution in [0.5, 0.6) is 0 Å². The van der Waals surface area contributed by atoms with Gasteiger partial charge in [0.05, 0.1) is 6.61 Å². The molecule has 0 amide bonds. The van der Waals surface area contributed by atoms with Crippen molar-refractivity contribution in [2.24, 2.45) is 0 Å². The lowest BCUT2D eigenvalue weighted by Crippen LogP contribution is -2.23. The van der Waals surface area contributed by atoms with Crippen molar-refractivity contribution in [2.75, 3.05) is 6.61 Å². The second-order valence-corrected chi connectivity index (χ2v) is 2.44. The smallest absolute Gasteiger partial charge is 0.450 e. The van der Waals surface area contributed by atoms with Gasteiger partial charge in [0.2, 0.25) is 0 Å². The second kappa shape index (κ2) is 6.99. The first kappa shape index (κ1) is 12.5. The van der Waals surface area contributed by atoms with Gasteiger partial charge >= 0.3 is 12.3 Å². The van der Waals surface area contributed by atoms with Gasteiger partial charge in [0.15, 0.2) is 0 Å². The van der Waals surface area contributed by atoms with Crippen LogP contribution in [-0.2, 0) is 14.2 Å². The summed E-state index contributed by atoms with van der Waals surface area (Å²) in [6, 6.07) is 0. The molecule has 1 unspecified atom stereocenters. The highest BCUT2D eigenvalue weighted by Crippen LogP contribution is 2.02. The molecule has 0 aromatic carbocycles. The van der Waals surface area contributed by atoms with Crippen molar-refractivity contribution in [3.63, 3.8) is 0 Å². The molecule has 0 heterocycles. The van der Waals surface area contributed by atoms with Gasteiger partial charge in [0, 0.05) is 6.42 Å². The zero-order chi connectivity index (χ0) is 11.0. The van der Waals surface area contributed by atoms with Gasteiger partial charge in [0.25, 0.3) is 6.29 Å². The van der Waals surface area contributed by atoms with E-state index in [9.17, 15) is 9.59 Å². The molecule has 0 fully saturated rings. The standard InChI is InChI=1S/C8H14O6/c1-3-5-12-8(11)14-6(4-2)13-7(9)10/h6H,3-5H2,1-2H3,(H,9,10). The van der Waals surface area contributed by atoms with Crippen molar-refractivity contribution >= 4 is 12.3 Å². The van der Waals surface area contributed by atoms with Crippen molar-refractivity contribution in [2.45, 2.75) is 33.0 Å². The summed E-state index contributed by atoms with van der Waals surface area (Å²) < 4.78 is 13.4. The van der Waals surface area contributed by atoms with E-state index in [0.717, 1.165) is 0 Å². The number of rotatable bonds is 5. The summed E-state index contributed by atoms with van der Waals surface area (Å²) in [6.45, 7) is 3.70. The third-order valence-corrected chi connectivity index (χ3v) is 1.22. The predicted octanol–water partition coefficient (Wildman–Crippen LogP) is 1.98. The van der Waals surface area contributed by atoms with E-state index < -0.39 is 18.6 Å². The molecule has 0 radical (unpaired) electrons. The molecule has 6 nitrogen and oxygen atoms in total. The zero-order valence-electron chi connectivity index (χ0n) is 8.19. The van der Waals surface area contributed by atoms with Crippen LogP contribution in [0.15, 0.2) is 0 Å². The van der Waals surface area contributed by atoms with E-state index in [1.165, 1.54) is 0 Å². The van der Waals surface area contributed by atoms with E-state index in [-0.39, 0.29) is 13.0 Å². The van der Waals surface area contributed by atoms with Gasteiger partial charge in [-0.15, -0.1) is 0 Å². The quantitative estimate of drug-likeness (QED) is 0.547. The molecule has 0 rings (SSSR count). The predicted molar refractivity (Wildman–Crippen MR) is 45.9 cm³/mol. The number of carbonyl (C=O) groups excluding carboxylic acids is 1. The molecule has 0 bridgehead atoms. The minimum atomic E-state index is -1.49. The fraction of sp³-hybridized carbons (Fsp3) is 0.750. The molecule has 14 heavy (non-hydrogen) atoms. The monoisotopic (exact) mass is 206 g/mol. The summed E-state index contributed by atoms with van der Waals surface area (Å²) in [7, 11) is 0. The molecule has 0 aromatic heterocycles. The van der Waals surface area contributed by atoms with Crippen LogP contribution >= 0.6 is 0 Å². The Kier molecular flexibility index (Phi) is 6.26. The Morgan fingerprint density at radius 2 is 1.93 bits per heavy atom. The molecular weight excluding hydrogens is 192 g/mol. The Balaban J connectivity index is 3.80. The van der Waals surface area contributed by atoms with Gasteiger partial charge in [0.1, 0.15) is 0 Å². The number of carboxylic acid groups (broad SMARTS) is 1. The summed E-state index contributed by atoms with van der Waals surface area (Å²) >= 11 is 0. The highest BCUT2D eigenvalue weighted by molar-refractivity contribution is 5.61. The normalized spacial score (nSPS) is 11.6. The summed E-state index contributed by atoms with van der Waals surface area (Å²) in [5, 5.41) is 8.25. The Bertz CT molecular complexity index is 190. The summed E-state index contributed by atoms with van der Waals surface area (Å²) in [4.78, 5) is 20.9. The van der Waals surface area contributed by atoms with E-state index in [2.05, 4.69) is 14.2 Å². The highest BCUT2D eigenvalue weighted by atomic mass is 16.8. The third-order valence-electron chi connectivity index (χ3n) is 1.22. The average Bonchev–Trinajstić information content (AvgIpc) is 2.12. The average molecular weight is 206 g/mol. The largest absolute Gasteiger partial charge is 0.511 e. The number of carbonyl (C=O) groups is 2. The first-order valence-corrected chi connectivity index (χ1v) is 4.33. The maximum absolute atomic E-state index is 10.8. The van der Waals surface area contributed by atoms with Crippen LogP contribution in [0, 0.1) is 0 Å². The Morgan fingerprint density at radius 3 is 2.36 bits per heavy atom. The van der Waals surface area contributed by atoms with Gasteiger partial charge in [-0.25, -0.2) is 9.59 Å².